The van der Waals surface area contributed by atoms with Crippen molar-refractivity contribution in [2.45, 2.75) is 297 Å². The lowest BCUT2D eigenvalue weighted by Gasteiger charge is -2.18. The molecule has 0 saturated carbocycles. The quantitative estimate of drug-likeness (QED) is 0.0262. The van der Waals surface area contributed by atoms with Gasteiger partial charge in [-0.3, -0.25) is 14.4 Å². The number of hydrogen-bond acceptors (Lipinski definition) is 6. The minimum atomic E-state index is -0.782. The van der Waals surface area contributed by atoms with Gasteiger partial charge in [0, 0.05) is 19.3 Å². The molecule has 6 nitrogen and oxygen atoms in total. The van der Waals surface area contributed by atoms with Gasteiger partial charge in [0.05, 0.1) is 0 Å². The molecule has 0 aliphatic heterocycles. The normalized spacial score (nSPS) is 12.2. The molecule has 0 heterocycles. The summed E-state index contributed by atoms with van der Waals surface area (Å²) in [5, 5.41) is 0. The minimum absolute atomic E-state index is 0.0795. The van der Waals surface area contributed by atoms with Gasteiger partial charge >= 0.3 is 17.9 Å². The highest BCUT2D eigenvalue weighted by atomic mass is 16.6. The van der Waals surface area contributed by atoms with E-state index in [2.05, 4.69) is 57.2 Å². The highest BCUT2D eigenvalue weighted by molar-refractivity contribution is 5.71. The van der Waals surface area contributed by atoms with Crippen LogP contribution in [0.15, 0.2) is 36.5 Å². The van der Waals surface area contributed by atoms with E-state index in [9.17, 15) is 14.4 Å². The molecule has 368 valence electrons. The van der Waals surface area contributed by atoms with Gasteiger partial charge in [0.1, 0.15) is 13.2 Å². The van der Waals surface area contributed by atoms with Crippen LogP contribution >= 0.6 is 0 Å². The third-order valence-electron chi connectivity index (χ3n) is 12.1. The Bertz CT molecular complexity index is 1060. The van der Waals surface area contributed by atoms with Crippen molar-refractivity contribution in [3.05, 3.63) is 36.5 Å². The number of rotatable bonds is 50. The molecule has 0 spiro atoms. The molecule has 0 aromatic rings. The molecule has 6 heteroatoms. The molecule has 0 saturated heterocycles. The third-order valence-corrected chi connectivity index (χ3v) is 12.1. The summed E-state index contributed by atoms with van der Waals surface area (Å²) >= 11 is 0. The Morgan fingerprint density at radius 1 is 0.333 bits per heavy atom. The summed E-state index contributed by atoms with van der Waals surface area (Å²) in [5.41, 5.74) is 0. The van der Waals surface area contributed by atoms with E-state index in [1.54, 1.807) is 0 Å². The van der Waals surface area contributed by atoms with Crippen LogP contribution in [0.5, 0.6) is 0 Å². The smallest absolute Gasteiger partial charge is 0.306 e. The Morgan fingerprint density at radius 3 is 0.984 bits per heavy atom. The van der Waals surface area contributed by atoms with E-state index in [1.807, 2.05) is 0 Å². The highest BCUT2D eigenvalue weighted by Gasteiger charge is 2.19. The monoisotopic (exact) mass is 885 g/mol. The van der Waals surface area contributed by atoms with Gasteiger partial charge in [-0.1, -0.05) is 237 Å². The molecule has 1 atom stereocenters. The maximum atomic E-state index is 12.8. The van der Waals surface area contributed by atoms with Gasteiger partial charge in [-0.25, -0.2) is 0 Å². The molecular weight excluding hydrogens is 781 g/mol. The van der Waals surface area contributed by atoms with E-state index >= 15 is 0 Å². The zero-order valence-corrected chi connectivity index (χ0v) is 42.1. The molecule has 63 heavy (non-hydrogen) atoms. The number of carbonyl (C=O) groups is 3. The van der Waals surface area contributed by atoms with Gasteiger partial charge in [0.2, 0.25) is 0 Å². The number of allylic oxidation sites excluding steroid dienone is 6. The highest BCUT2D eigenvalue weighted by Crippen LogP contribution is 2.16. The predicted molar refractivity (Wildman–Crippen MR) is 270 cm³/mol. The van der Waals surface area contributed by atoms with Gasteiger partial charge < -0.3 is 14.2 Å². The van der Waals surface area contributed by atoms with Crippen molar-refractivity contribution in [2.75, 3.05) is 13.2 Å². The van der Waals surface area contributed by atoms with Gasteiger partial charge in [0.15, 0.2) is 6.10 Å². The van der Waals surface area contributed by atoms with E-state index in [0.717, 1.165) is 96.3 Å². The maximum Gasteiger partial charge on any atom is 0.306 e. The lowest BCUT2D eigenvalue weighted by molar-refractivity contribution is -0.167. The van der Waals surface area contributed by atoms with Crippen molar-refractivity contribution in [3.63, 3.8) is 0 Å². The largest absolute Gasteiger partial charge is 0.462 e. The number of hydrogen-bond donors (Lipinski definition) is 0. The summed E-state index contributed by atoms with van der Waals surface area (Å²) < 4.78 is 16.8. The molecule has 0 aromatic carbocycles. The molecule has 0 aromatic heterocycles. The van der Waals surface area contributed by atoms with E-state index < -0.39 is 6.10 Å². The van der Waals surface area contributed by atoms with Crippen LogP contribution in [0, 0.1) is 0 Å². The van der Waals surface area contributed by atoms with Crippen LogP contribution in [-0.4, -0.2) is 37.2 Å². The molecule has 0 fully saturated rings. The van der Waals surface area contributed by atoms with Crippen LogP contribution in [-0.2, 0) is 28.6 Å². The van der Waals surface area contributed by atoms with Gasteiger partial charge in [-0.2, -0.15) is 0 Å². The average Bonchev–Trinajstić information content (AvgIpc) is 3.28. The first kappa shape index (κ1) is 60.6. The molecule has 0 aliphatic rings. The Hall–Kier alpha value is -2.37. The van der Waals surface area contributed by atoms with Crippen molar-refractivity contribution < 1.29 is 28.6 Å². The summed E-state index contributed by atoms with van der Waals surface area (Å²) in [6.07, 6.45) is 61.4. The standard InChI is InChI=1S/C57H104O6/c1-4-7-10-13-16-19-22-25-27-28-29-30-31-33-35-38-41-44-47-50-56(59)62-53-54(52-61-55(58)49-46-43-40-37-34-24-21-18-15-12-9-6-3)63-57(60)51-48-45-42-39-36-32-26-23-20-17-14-11-8-5-2/h9,12,18,21,32,36,54H,4-8,10-11,13-17,19-20,22-31,33-35,37-53H2,1-3H3/b12-9-,21-18-,36-32-. The SMILES string of the molecule is CC/C=C\C/C=C\CCCCCCCC(=O)OCC(COC(=O)CCCCCCCCCCCCCCCCCCCCC)OC(=O)CCCCC/C=C\CCCCCCCCC. The van der Waals surface area contributed by atoms with Crippen molar-refractivity contribution in [2.24, 2.45) is 0 Å². The van der Waals surface area contributed by atoms with E-state index in [1.165, 1.54) is 154 Å². The first-order chi connectivity index (χ1) is 31.0. The minimum Gasteiger partial charge on any atom is -0.462 e. The molecule has 0 amide bonds. The van der Waals surface area contributed by atoms with E-state index in [0.29, 0.717) is 19.3 Å². The molecule has 0 radical (unpaired) electrons. The number of carbonyl (C=O) groups excluding carboxylic acids is 3. The van der Waals surface area contributed by atoms with Crippen LogP contribution in [0.25, 0.3) is 0 Å². The fourth-order valence-electron chi connectivity index (χ4n) is 8.01. The molecule has 1 unspecified atom stereocenters. The first-order valence-corrected chi connectivity index (χ1v) is 27.5. The molecule has 0 aliphatic carbocycles. The summed E-state index contributed by atoms with van der Waals surface area (Å²) in [6, 6.07) is 0. The Balaban J connectivity index is 4.32. The summed E-state index contributed by atoms with van der Waals surface area (Å²) in [5.74, 6) is -0.898. The fourth-order valence-corrected chi connectivity index (χ4v) is 8.01. The molecule has 0 N–H and O–H groups in total. The lowest BCUT2D eigenvalue weighted by atomic mass is 10.0. The summed E-state index contributed by atoms with van der Waals surface area (Å²) in [4.78, 5) is 38.0. The number of esters is 3. The second-order valence-corrected chi connectivity index (χ2v) is 18.5. The van der Waals surface area contributed by atoms with Crippen LogP contribution in [0.3, 0.4) is 0 Å². The van der Waals surface area contributed by atoms with Gasteiger partial charge in [-0.15, -0.1) is 0 Å². The van der Waals surface area contributed by atoms with Crippen molar-refractivity contribution in [1.82, 2.24) is 0 Å². The topological polar surface area (TPSA) is 78.9 Å². The Labute approximate surface area is 391 Å². The number of unbranched alkanes of at least 4 members (excludes halogenated alkanes) is 33. The number of ether oxygens (including phenoxy) is 3. The first-order valence-electron chi connectivity index (χ1n) is 27.5. The van der Waals surface area contributed by atoms with Crippen LogP contribution in [0.2, 0.25) is 0 Å². The van der Waals surface area contributed by atoms with Gasteiger partial charge in [-0.05, 0) is 70.6 Å². The second kappa shape index (κ2) is 52.3. The van der Waals surface area contributed by atoms with Crippen LogP contribution in [0.1, 0.15) is 290 Å². The lowest BCUT2D eigenvalue weighted by Crippen LogP contribution is -2.30. The summed E-state index contributed by atoms with van der Waals surface area (Å²) in [7, 11) is 0. The molecule has 0 rings (SSSR count). The van der Waals surface area contributed by atoms with Crippen LogP contribution < -0.4 is 0 Å². The third kappa shape index (κ3) is 50.5. The molecular formula is C57H104O6. The Morgan fingerprint density at radius 2 is 0.619 bits per heavy atom. The Kier molecular flexibility index (Phi) is 50.3. The van der Waals surface area contributed by atoms with Crippen molar-refractivity contribution in [1.29, 1.82) is 0 Å². The fraction of sp³-hybridized carbons (Fsp3) is 0.842. The van der Waals surface area contributed by atoms with Crippen LogP contribution in [0.4, 0.5) is 0 Å². The van der Waals surface area contributed by atoms with Crippen molar-refractivity contribution in [3.8, 4) is 0 Å². The second-order valence-electron chi connectivity index (χ2n) is 18.5. The predicted octanol–water partition coefficient (Wildman–Crippen LogP) is 18.1. The zero-order valence-electron chi connectivity index (χ0n) is 42.1. The molecule has 0 bridgehead atoms. The van der Waals surface area contributed by atoms with Crippen molar-refractivity contribution >= 4 is 17.9 Å². The average molecular weight is 885 g/mol. The van der Waals surface area contributed by atoms with E-state index in [4.69, 9.17) is 14.2 Å². The van der Waals surface area contributed by atoms with Gasteiger partial charge in [0.25, 0.3) is 0 Å². The van der Waals surface area contributed by atoms with E-state index in [-0.39, 0.29) is 31.1 Å². The zero-order chi connectivity index (χ0) is 45.8. The maximum absolute atomic E-state index is 12.8. The summed E-state index contributed by atoms with van der Waals surface area (Å²) in [6.45, 7) is 6.53.